The third-order valence-corrected chi connectivity index (χ3v) is 3.04. The molecule has 0 fully saturated rings. The van der Waals surface area contributed by atoms with Gasteiger partial charge >= 0.3 is 0 Å². The maximum absolute atomic E-state index is 13.4. The summed E-state index contributed by atoms with van der Waals surface area (Å²) in [6, 6.07) is 11.2. The Morgan fingerprint density at radius 1 is 0.944 bits per heavy atom. The minimum atomic E-state index is -0.228. The van der Waals surface area contributed by atoms with Gasteiger partial charge in [-0.3, -0.25) is 0 Å². The van der Waals surface area contributed by atoms with Crippen molar-refractivity contribution >= 4 is 0 Å². The molecule has 0 aliphatic heterocycles. The van der Waals surface area contributed by atoms with Gasteiger partial charge in [0.15, 0.2) is 0 Å². The number of ether oxygens (including phenoxy) is 1. The molecule has 1 nitrogen and oxygen atoms in total. The lowest BCUT2D eigenvalue weighted by molar-refractivity contribution is 0.303. The first kappa shape index (κ1) is 12.6. The Balaban J connectivity index is 2.11. The molecular weight excluding hydrogens is 227 g/mol. The largest absolute Gasteiger partial charge is 0.489 e. The van der Waals surface area contributed by atoms with E-state index in [0.29, 0.717) is 17.9 Å². The van der Waals surface area contributed by atoms with Crippen LogP contribution in [0.2, 0.25) is 0 Å². The standard InChI is InChI=1S/C16H17FO/c1-11-4-5-12(2)14(8-11)10-18-15-7-6-13(3)16(17)9-15/h4-9H,10H2,1-3H3. The zero-order chi connectivity index (χ0) is 13.1. The van der Waals surface area contributed by atoms with Crippen molar-refractivity contribution in [2.24, 2.45) is 0 Å². The summed E-state index contributed by atoms with van der Waals surface area (Å²) in [7, 11) is 0. The minimum Gasteiger partial charge on any atom is -0.489 e. The van der Waals surface area contributed by atoms with Gasteiger partial charge in [0, 0.05) is 6.07 Å². The molecule has 0 N–H and O–H groups in total. The van der Waals surface area contributed by atoms with E-state index >= 15 is 0 Å². The fourth-order valence-corrected chi connectivity index (χ4v) is 1.78. The number of benzene rings is 2. The Morgan fingerprint density at radius 3 is 2.39 bits per heavy atom. The van der Waals surface area contributed by atoms with Crippen LogP contribution in [0.15, 0.2) is 36.4 Å². The molecule has 2 aromatic carbocycles. The van der Waals surface area contributed by atoms with Gasteiger partial charge in [-0.15, -0.1) is 0 Å². The average molecular weight is 244 g/mol. The first-order valence-electron chi connectivity index (χ1n) is 6.01. The number of rotatable bonds is 3. The van der Waals surface area contributed by atoms with E-state index in [1.54, 1.807) is 19.1 Å². The second-order valence-electron chi connectivity index (χ2n) is 4.63. The van der Waals surface area contributed by atoms with Crippen LogP contribution in [0.3, 0.4) is 0 Å². The van der Waals surface area contributed by atoms with E-state index in [-0.39, 0.29) is 5.82 Å². The zero-order valence-corrected chi connectivity index (χ0v) is 11.0. The topological polar surface area (TPSA) is 9.23 Å². The van der Waals surface area contributed by atoms with E-state index in [9.17, 15) is 4.39 Å². The van der Waals surface area contributed by atoms with Crippen molar-refractivity contribution in [2.75, 3.05) is 0 Å². The van der Waals surface area contributed by atoms with Gasteiger partial charge in [0.2, 0.25) is 0 Å². The van der Waals surface area contributed by atoms with Gasteiger partial charge in [0.25, 0.3) is 0 Å². The van der Waals surface area contributed by atoms with Gasteiger partial charge in [-0.05, 0) is 43.5 Å². The summed E-state index contributed by atoms with van der Waals surface area (Å²) in [6.07, 6.45) is 0. The summed E-state index contributed by atoms with van der Waals surface area (Å²) >= 11 is 0. The van der Waals surface area contributed by atoms with Gasteiger partial charge in [-0.2, -0.15) is 0 Å². The van der Waals surface area contributed by atoms with Crippen LogP contribution >= 0.6 is 0 Å². The second kappa shape index (κ2) is 5.21. The van der Waals surface area contributed by atoms with Gasteiger partial charge in [0.1, 0.15) is 18.2 Å². The van der Waals surface area contributed by atoms with Crippen LogP contribution in [0.25, 0.3) is 0 Å². The molecule has 2 rings (SSSR count). The molecular formula is C16H17FO. The molecule has 2 aromatic rings. The number of hydrogen-bond acceptors (Lipinski definition) is 1. The van der Waals surface area contributed by atoms with Crippen molar-refractivity contribution in [3.8, 4) is 5.75 Å². The highest BCUT2D eigenvalue weighted by Crippen LogP contribution is 2.18. The Kier molecular flexibility index (Phi) is 3.66. The molecule has 18 heavy (non-hydrogen) atoms. The van der Waals surface area contributed by atoms with Crippen molar-refractivity contribution in [3.05, 3.63) is 64.5 Å². The van der Waals surface area contributed by atoms with Crippen LogP contribution in [0.1, 0.15) is 22.3 Å². The van der Waals surface area contributed by atoms with Crippen LogP contribution < -0.4 is 4.74 Å². The summed E-state index contributed by atoms with van der Waals surface area (Å²) in [5, 5.41) is 0. The number of aryl methyl sites for hydroxylation is 3. The maximum Gasteiger partial charge on any atom is 0.129 e. The van der Waals surface area contributed by atoms with Crippen molar-refractivity contribution in [1.29, 1.82) is 0 Å². The van der Waals surface area contributed by atoms with Crippen LogP contribution in [-0.4, -0.2) is 0 Å². The first-order valence-corrected chi connectivity index (χ1v) is 6.01. The summed E-state index contributed by atoms with van der Waals surface area (Å²) in [6.45, 7) is 6.31. The van der Waals surface area contributed by atoms with Crippen LogP contribution in [0.5, 0.6) is 5.75 Å². The van der Waals surface area contributed by atoms with E-state index in [1.807, 2.05) is 6.92 Å². The highest BCUT2D eigenvalue weighted by Gasteiger charge is 2.03. The van der Waals surface area contributed by atoms with Crippen molar-refractivity contribution in [3.63, 3.8) is 0 Å². The Bertz CT molecular complexity index is 561. The molecule has 0 bridgehead atoms. The molecule has 0 aliphatic carbocycles. The number of halogens is 1. The highest BCUT2D eigenvalue weighted by molar-refractivity contribution is 5.32. The summed E-state index contributed by atoms with van der Waals surface area (Å²) < 4.78 is 19.0. The molecule has 0 atom stereocenters. The molecule has 0 spiro atoms. The average Bonchev–Trinajstić information content (AvgIpc) is 2.34. The molecule has 0 unspecified atom stereocenters. The van der Waals surface area contributed by atoms with E-state index in [0.717, 1.165) is 5.56 Å². The molecule has 0 aliphatic rings. The Morgan fingerprint density at radius 2 is 1.67 bits per heavy atom. The molecule has 94 valence electrons. The summed E-state index contributed by atoms with van der Waals surface area (Å²) in [5.74, 6) is 0.340. The lowest BCUT2D eigenvalue weighted by atomic mass is 10.1. The molecule has 0 aromatic heterocycles. The van der Waals surface area contributed by atoms with Gasteiger partial charge in [-0.25, -0.2) is 4.39 Å². The monoisotopic (exact) mass is 244 g/mol. The van der Waals surface area contributed by atoms with E-state index < -0.39 is 0 Å². The maximum atomic E-state index is 13.4. The van der Waals surface area contributed by atoms with Gasteiger partial charge in [0.05, 0.1) is 0 Å². The predicted octanol–water partition coefficient (Wildman–Crippen LogP) is 4.33. The predicted molar refractivity (Wildman–Crippen MR) is 71.4 cm³/mol. The molecule has 0 saturated heterocycles. The van der Waals surface area contributed by atoms with Crippen molar-refractivity contribution in [1.82, 2.24) is 0 Å². The quantitative estimate of drug-likeness (QED) is 0.780. The van der Waals surface area contributed by atoms with E-state index in [1.165, 1.54) is 17.2 Å². The third-order valence-electron chi connectivity index (χ3n) is 3.04. The SMILES string of the molecule is Cc1ccc(C)c(COc2ccc(C)c(F)c2)c1. The van der Waals surface area contributed by atoms with E-state index in [4.69, 9.17) is 4.74 Å². The number of hydrogen-bond donors (Lipinski definition) is 0. The fourth-order valence-electron chi connectivity index (χ4n) is 1.78. The highest BCUT2D eigenvalue weighted by atomic mass is 19.1. The van der Waals surface area contributed by atoms with Crippen LogP contribution in [-0.2, 0) is 6.61 Å². The molecule has 0 radical (unpaired) electrons. The van der Waals surface area contributed by atoms with Crippen LogP contribution in [0, 0.1) is 26.6 Å². The van der Waals surface area contributed by atoms with Gasteiger partial charge in [-0.1, -0.05) is 29.8 Å². The normalized spacial score (nSPS) is 10.4. The lowest BCUT2D eigenvalue weighted by Crippen LogP contribution is -1.99. The molecule has 2 heteroatoms. The Hall–Kier alpha value is -1.83. The summed E-state index contributed by atoms with van der Waals surface area (Å²) in [5.41, 5.74) is 4.16. The first-order chi connectivity index (χ1) is 8.56. The van der Waals surface area contributed by atoms with Crippen LogP contribution in [0.4, 0.5) is 4.39 Å². The van der Waals surface area contributed by atoms with Crippen molar-refractivity contribution < 1.29 is 9.13 Å². The third kappa shape index (κ3) is 2.89. The van der Waals surface area contributed by atoms with Crippen molar-refractivity contribution in [2.45, 2.75) is 27.4 Å². The Labute approximate surface area is 107 Å². The molecule has 0 saturated carbocycles. The molecule has 0 amide bonds. The zero-order valence-electron chi connectivity index (χ0n) is 11.0. The minimum absolute atomic E-state index is 0.228. The molecule has 0 heterocycles. The second-order valence-corrected chi connectivity index (χ2v) is 4.63. The lowest BCUT2D eigenvalue weighted by Gasteiger charge is -2.10. The fraction of sp³-hybridized carbons (Fsp3) is 0.250. The smallest absolute Gasteiger partial charge is 0.129 e. The van der Waals surface area contributed by atoms with Gasteiger partial charge < -0.3 is 4.74 Å². The van der Waals surface area contributed by atoms with E-state index in [2.05, 4.69) is 25.1 Å². The summed E-state index contributed by atoms with van der Waals surface area (Å²) in [4.78, 5) is 0.